The lowest BCUT2D eigenvalue weighted by Crippen LogP contribution is -2.28. The Balaban J connectivity index is 1.50. The van der Waals surface area contributed by atoms with Crippen molar-refractivity contribution in [3.8, 4) is 0 Å². The molecule has 1 aromatic carbocycles. The van der Waals surface area contributed by atoms with Crippen LogP contribution in [0.2, 0.25) is 0 Å². The molecule has 1 saturated heterocycles. The molecule has 4 rings (SSSR count). The number of aryl methyl sites for hydroxylation is 1. The molecule has 2 aromatic heterocycles. The van der Waals surface area contributed by atoms with Crippen molar-refractivity contribution in [1.82, 2.24) is 14.3 Å². The highest BCUT2D eigenvalue weighted by Gasteiger charge is 2.31. The van der Waals surface area contributed by atoms with Crippen molar-refractivity contribution >= 4 is 5.65 Å². The topological polar surface area (TPSA) is 46.6 Å². The Morgan fingerprint density at radius 1 is 1.09 bits per heavy atom. The third kappa shape index (κ3) is 2.87. The SMILES string of the molecule is Cc1ccc2nc(CN3C[C@@H](N)[C@H](c4ccccc4)C3)cn2c1. The first-order chi connectivity index (χ1) is 11.2. The third-order valence-electron chi connectivity index (χ3n) is 4.70. The number of nitrogens with two attached hydrogens (primary N) is 1. The van der Waals surface area contributed by atoms with Crippen molar-refractivity contribution in [2.75, 3.05) is 13.1 Å². The lowest BCUT2D eigenvalue weighted by Gasteiger charge is -2.15. The van der Waals surface area contributed by atoms with Gasteiger partial charge in [-0.1, -0.05) is 36.4 Å². The zero-order valence-corrected chi connectivity index (χ0v) is 13.4. The van der Waals surface area contributed by atoms with E-state index < -0.39 is 0 Å². The molecule has 23 heavy (non-hydrogen) atoms. The lowest BCUT2D eigenvalue weighted by atomic mass is 9.95. The Hall–Kier alpha value is -2.17. The molecule has 1 aliphatic rings. The molecule has 4 heteroatoms. The largest absolute Gasteiger partial charge is 0.326 e. The number of benzene rings is 1. The minimum absolute atomic E-state index is 0.191. The molecule has 0 aliphatic carbocycles. The first kappa shape index (κ1) is 14.4. The number of hydrogen-bond donors (Lipinski definition) is 1. The van der Waals surface area contributed by atoms with Crippen molar-refractivity contribution in [3.63, 3.8) is 0 Å². The zero-order valence-electron chi connectivity index (χ0n) is 13.4. The summed E-state index contributed by atoms with van der Waals surface area (Å²) >= 11 is 0. The van der Waals surface area contributed by atoms with Crippen LogP contribution in [0.4, 0.5) is 0 Å². The molecule has 3 aromatic rings. The van der Waals surface area contributed by atoms with E-state index in [1.807, 2.05) is 0 Å². The van der Waals surface area contributed by atoms with Gasteiger partial charge < -0.3 is 10.1 Å². The average molecular weight is 306 g/mol. The summed E-state index contributed by atoms with van der Waals surface area (Å²) in [5, 5.41) is 0. The van der Waals surface area contributed by atoms with Gasteiger partial charge in [-0.3, -0.25) is 4.90 Å². The first-order valence-electron chi connectivity index (χ1n) is 8.16. The predicted molar refractivity (Wildman–Crippen MR) is 92.4 cm³/mol. The standard InChI is InChI=1S/C19H22N4/c1-14-7-8-19-21-16(11-23(19)9-14)10-22-12-17(18(20)13-22)15-5-3-2-4-6-15/h2-9,11,17-18H,10,12-13,20H2,1H3/t17-,18+/m0/s1. The summed E-state index contributed by atoms with van der Waals surface area (Å²) in [5.41, 5.74) is 11.1. The number of pyridine rings is 1. The van der Waals surface area contributed by atoms with E-state index in [1.54, 1.807) is 0 Å². The van der Waals surface area contributed by atoms with Crippen LogP contribution in [0.15, 0.2) is 54.9 Å². The van der Waals surface area contributed by atoms with Gasteiger partial charge in [0.15, 0.2) is 0 Å². The van der Waals surface area contributed by atoms with Crippen LogP contribution < -0.4 is 5.73 Å². The lowest BCUT2D eigenvalue weighted by molar-refractivity contribution is 0.320. The first-order valence-corrected chi connectivity index (χ1v) is 8.16. The number of aromatic nitrogens is 2. The highest BCUT2D eigenvalue weighted by molar-refractivity contribution is 5.41. The highest BCUT2D eigenvalue weighted by Crippen LogP contribution is 2.27. The Morgan fingerprint density at radius 3 is 2.74 bits per heavy atom. The van der Waals surface area contributed by atoms with Crippen molar-refractivity contribution in [2.45, 2.75) is 25.4 Å². The molecule has 4 nitrogen and oxygen atoms in total. The molecule has 0 bridgehead atoms. The van der Waals surface area contributed by atoms with Crippen LogP contribution in [0.5, 0.6) is 0 Å². The number of fused-ring (bicyclic) bond motifs is 1. The maximum Gasteiger partial charge on any atom is 0.137 e. The number of hydrogen-bond acceptors (Lipinski definition) is 3. The summed E-state index contributed by atoms with van der Waals surface area (Å²) in [6, 6.07) is 15.0. The Bertz CT molecular complexity index is 809. The van der Waals surface area contributed by atoms with Crippen LogP contribution in [0.1, 0.15) is 22.7 Å². The van der Waals surface area contributed by atoms with Crippen LogP contribution in [0.3, 0.4) is 0 Å². The average Bonchev–Trinajstić information content (AvgIpc) is 3.10. The minimum atomic E-state index is 0.191. The molecule has 2 N–H and O–H groups in total. The van der Waals surface area contributed by atoms with Crippen molar-refractivity contribution in [1.29, 1.82) is 0 Å². The van der Waals surface area contributed by atoms with Gasteiger partial charge in [0.25, 0.3) is 0 Å². The fourth-order valence-corrected chi connectivity index (χ4v) is 3.56. The monoisotopic (exact) mass is 306 g/mol. The van der Waals surface area contributed by atoms with Gasteiger partial charge in [-0.25, -0.2) is 4.98 Å². The van der Waals surface area contributed by atoms with Gasteiger partial charge in [0.1, 0.15) is 5.65 Å². The van der Waals surface area contributed by atoms with Crippen LogP contribution in [-0.4, -0.2) is 33.4 Å². The van der Waals surface area contributed by atoms with Crippen molar-refractivity contribution in [3.05, 3.63) is 71.7 Å². The summed E-state index contributed by atoms with van der Waals surface area (Å²) in [5.74, 6) is 0.412. The summed E-state index contributed by atoms with van der Waals surface area (Å²) in [6.07, 6.45) is 4.25. The number of likely N-dealkylation sites (tertiary alicyclic amines) is 1. The van der Waals surface area contributed by atoms with Crippen LogP contribution in [0.25, 0.3) is 5.65 Å². The van der Waals surface area contributed by atoms with E-state index in [-0.39, 0.29) is 6.04 Å². The van der Waals surface area contributed by atoms with E-state index in [4.69, 9.17) is 10.7 Å². The number of nitrogens with zero attached hydrogens (tertiary/aromatic N) is 3. The van der Waals surface area contributed by atoms with E-state index in [2.05, 4.69) is 71.1 Å². The van der Waals surface area contributed by atoms with Crippen LogP contribution >= 0.6 is 0 Å². The maximum atomic E-state index is 6.38. The second-order valence-electron chi connectivity index (χ2n) is 6.58. The molecular formula is C19H22N4. The van der Waals surface area contributed by atoms with E-state index in [0.717, 1.165) is 31.0 Å². The quantitative estimate of drug-likeness (QED) is 0.809. The van der Waals surface area contributed by atoms with Crippen molar-refractivity contribution < 1.29 is 0 Å². The highest BCUT2D eigenvalue weighted by atomic mass is 15.2. The van der Waals surface area contributed by atoms with Crippen LogP contribution in [-0.2, 0) is 6.54 Å². The molecule has 1 aliphatic heterocycles. The van der Waals surface area contributed by atoms with Gasteiger partial charge in [-0.2, -0.15) is 0 Å². The van der Waals surface area contributed by atoms with Gasteiger partial charge in [-0.15, -0.1) is 0 Å². The number of imidazole rings is 1. The molecule has 1 fully saturated rings. The number of rotatable bonds is 3. The second kappa shape index (κ2) is 5.80. The second-order valence-corrected chi connectivity index (χ2v) is 6.58. The predicted octanol–water partition coefficient (Wildman–Crippen LogP) is 2.57. The summed E-state index contributed by atoms with van der Waals surface area (Å²) in [6.45, 7) is 4.88. The van der Waals surface area contributed by atoms with Gasteiger partial charge in [-0.05, 0) is 24.1 Å². The molecule has 3 heterocycles. The third-order valence-corrected chi connectivity index (χ3v) is 4.70. The fraction of sp³-hybridized carbons (Fsp3) is 0.316. The molecular weight excluding hydrogens is 284 g/mol. The van der Waals surface area contributed by atoms with Gasteiger partial charge in [0, 0.05) is 44.0 Å². The molecule has 0 radical (unpaired) electrons. The summed E-state index contributed by atoms with van der Waals surface area (Å²) < 4.78 is 2.11. The van der Waals surface area contributed by atoms with Crippen LogP contribution in [0, 0.1) is 6.92 Å². The van der Waals surface area contributed by atoms with E-state index >= 15 is 0 Å². The zero-order chi connectivity index (χ0) is 15.8. The van der Waals surface area contributed by atoms with E-state index in [9.17, 15) is 0 Å². The van der Waals surface area contributed by atoms with E-state index in [1.165, 1.54) is 11.1 Å². The normalized spacial score (nSPS) is 22.0. The minimum Gasteiger partial charge on any atom is -0.326 e. The fourth-order valence-electron chi connectivity index (χ4n) is 3.56. The van der Waals surface area contributed by atoms with Gasteiger partial charge >= 0.3 is 0 Å². The summed E-state index contributed by atoms with van der Waals surface area (Å²) in [7, 11) is 0. The Kier molecular flexibility index (Phi) is 3.63. The van der Waals surface area contributed by atoms with Gasteiger partial charge in [0.05, 0.1) is 5.69 Å². The maximum absolute atomic E-state index is 6.38. The molecule has 0 spiro atoms. The molecule has 118 valence electrons. The Labute approximate surface area is 136 Å². The van der Waals surface area contributed by atoms with Crippen molar-refractivity contribution in [2.24, 2.45) is 5.73 Å². The molecule has 0 amide bonds. The smallest absolute Gasteiger partial charge is 0.137 e. The Morgan fingerprint density at radius 2 is 1.91 bits per heavy atom. The molecule has 0 saturated carbocycles. The molecule has 0 unspecified atom stereocenters. The molecule has 2 atom stereocenters. The van der Waals surface area contributed by atoms with E-state index in [0.29, 0.717) is 5.92 Å². The summed E-state index contributed by atoms with van der Waals surface area (Å²) in [4.78, 5) is 7.13. The van der Waals surface area contributed by atoms with Gasteiger partial charge in [0.2, 0.25) is 0 Å².